The van der Waals surface area contributed by atoms with Crippen LogP contribution in [0, 0.1) is 17.0 Å². The van der Waals surface area contributed by atoms with Crippen molar-refractivity contribution >= 4 is 29.4 Å². The summed E-state index contributed by atoms with van der Waals surface area (Å²) in [6.45, 7) is 1.79. The van der Waals surface area contributed by atoms with E-state index in [1.54, 1.807) is 19.1 Å². The first kappa shape index (κ1) is 16.4. The zero-order chi connectivity index (χ0) is 17.0. The minimum atomic E-state index is -0.769. The van der Waals surface area contributed by atoms with Crippen molar-refractivity contribution in [2.45, 2.75) is 6.92 Å². The van der Waals surface area contributed by atoms with Gasteiger partial charge in [0.05, 0.1) is 16.7 Å². The quantitative estimate of drug-likeness (QED) is 0.505. The predicted octanol–water partition coefficient (Wildman–Crippen LogP) is 2.42. The second kappa shape index (κ2) is 6.84. The molecule has 2 aromatic rings. The molecule has 2 rings (SSSR count). The molecular weight excluding hydrogens is 324 g/mol. The van der Waals surface area contributed by atoms with E-state index in [0.29, 0.717) is 5.56 Å². The van der Waals surface area contributed by atoms with Crippen LogP contribution >= 0.6 is 11.6 Å². The van der Waals surface area contributed by atoms with Crippen LogP contribution in [-0.4, -0.2) is 27.1 Å². The molecule has 23 heavy (non-hydrogen) atoms. The maximum absolute atomic E-state index is 11.8. The van der Waals surface area contributed by atoms with Crippen molar-refractivity contribution in [2.24, 2.45) is 5.10 Å². The molecular formula is C14H11ClN4O4. The molecule has 9 heteroatoms. The molecule has 0 aliphatic carbocycles. The van der Waals surface area contributed by atoms with E-state index < -0.39 is 22.3 Å². The molecule has 8 nitrogen and oxygen atoms in total. The third-order valence-electron chi connectivity index (χ3n) is 2.82. The minimum absolute atomic E-state index is 0.00605. The second-order valence-electron chi connectivity index (χ2n) is 4.51. The number of nitrogens with one attached hydrogen (secondary N) is 1. The van der Waals surface area contributed by atoms with E-state index >= 15 is 0 Å². The maximum Gasteiger partial charge on any atom is 0.312 e. The molecule has 1 heterocycles. The number of amides is 1. The van der Waals surface area contributed by atoms with Crippen molar-refractivity contribution in [3.63, 3.8) is 0 Å². The number of halogens is 1. The Morgan fingerprint density at radius 2 is 2.22 bits per heavy atom. The first-order valence-corrected chi connectivity index (χ1v) is 6.69. The number of aromatic nitrogens is 1. The van der Waals surface area contributed by atoms with E-state index in [1.165, 1.54) is 12.3 Å². The van der Waals surface area contributed by atoms with E-state index in [2.05, 4.69) is 15.5 Å². The SMILES string of the molecule is Cc1ccc(C(=O)N/N=C/c2cc(Cl)cc([N+](=O)[O-])c2O)cn1. The Kier molecular flexibility index (Phi) is 4.87. The second-order valence-corrected chi connectivity index (χ2v) is 4.94. The number of nitrogens with zero attached hydrogens (tertiary/aromatic N) is 3. The van der Waals surface area contributed by atoms with E-state index in [4.69, 9.17) is 11.6 Å². The molecule has 2 N–H and O–H groups in total. The standard InChI is InChI=1S/C14H11ClN4O4/c1-8-2-3-9(6-16-8)14(21)18-17-7-10-4-11(15)5-12(13(10)20)19(22)23/h2-7,20H,1H3,(H,18,21)/b17-7+. The fourth-order valence-electron chi connectivity index (χ4n) is 1.67. The Balaban J connectivity index is 2.16. The number of hydrogen-bond donors (Lipinski definition) is 2. The van der Waals surface area contributed by atoms with Gasteiger partial charge in [-0.25, -0.2) is 5.43 Å². The summed E-state index contributed by atoms with van der Waals surface area (Å²) in [6, 6.07) is 5.55. The monoisotopic (exact) mass is 334 g/mol. The number of phenols is 1. The maximum atomic E-state index is 11.8. The van der Waals surface area contributed by atoms with Crippen LogP contribution in [-0.2, 0) is 0 Å². The number of pyridine rings is 1. The van der Waals surface area contributed by atoms with Gasteiger partial charge >= 0.3 is 5.69 Å². The summed E-state index contributed by atoms with van der Waals surface area (Å²) >= 11 is 5.75. The summed E-state index contributed by atoms with van der Waals surface area (Å²) in [4.78, 5) is 25.8. The molecule has 1 aromatic carbocycles. The first-order valence-electron chi connectivity index (χ1n) is 6.31. The largest absolute Gasteiger partial charge is 0.502 e. The third kappa shape index (κ3) is 4.01. The normalized spacial score (nSPS) is 10.7. The number of carbonyl (C=O) groups excluding carboxylic acids is 1. The van der Waals surface area contributed by atoms with Crippen molar-refractivity contribution in [3.8, 4) is 5.75 Å². The molecule has 0 saturated heterocycles. The van der Waals surface area contributed by atoms with Gasteiger partial charge in [0.2, 0.25) is 5.75 Å². The van der Waals surface area contributed by atoms with Crippen molar-refractivity contribution < 1.29 is 14.8 Å². The fourth-order valence-corrected chi connectivity index (χ4v) is 1.89. The Bertz CT molecular complexity index is 790. The molecule has 0 atom stereocenters. The molecule has 118 valence electrons. The number of carbonyl (C=O) groups is 1. The van der Waals surface area contributed by atoms with Gasteiger partial charge in [-0.2, -0.15) is 5.10 Å². The average molecular weight is 335 g/mol. The van der Waals surface area contributed by atoms with E-state index in [1.807, 2.05) is 0 Å². The van der Waals surface area contributed by atoms with Crippen LogP contribution < -0.4 is 5.43 Å². The van der Waals surface area contributed by atoms with Gasteiger partial charge in [0, 0.05) is 28.5 Å². The number of hydrogen-bond acceptors (Lipinski definition) is 6. The zero-order valence-corrected chi connectivity index (χ0v) is 12.6. The highest BCUT2D eigenvalue weighted by atomic mass is 35.5. The van der Waals surface area contributed by atoms with E-state index in [9.17, 15) is 20.0 Å². The highest BCUT2D eigenvalue weighted by Crippen LogP contribution is 2.32. The number of rotatable bonds is 4. The lowest BCUT2D eigenvalue weighted by Gasteiger charge is -2.02. The van der Waals surface area contributed by atoms with Gasteiger partial charge in [-0.3, -0.25) is 19.9 Å². The first-order chi connectivity index (χ1) is 10.9. The molecule has 0 spiro atoms. The van der Waals surface area contributed by atoms with Crippen molar-refractivity contribution in [1.29, 1.82) is 0 Å². The van der Waals surface area contributed by atoms with Gasteiger partial charge in [-0.15, -0.1) is 0 Å². The lowest BCUT2D eigenvalue weighted by Crippen LogP contribution is -2.17. The summed E-state index contributed by atoms with van der Waals surface area (Å²) in [5.74, 6) is -1.10. The van der Waals surface area contributed by atoms with Crippen LogP contribution in [0.1, 0.15) is 21.6 Å². The van der Waals surface area contributed by atoms with Gasteiger partial charge in [0.25, 0.3) is 5.91 Å². The highest BCUT2D eigenvalue weighted by Gasteiger charge is 2.17. The molecule has 0 unspecified atom stereocenters. The summed E-state index contributed by atoms with van der Waals surface area (Å²) in [7, 11) is 0. The minimum Gasteiger partial charge on any atom is -0.502 e. The van der Waals surface area contributed by atoms with Crippen LogP contribution in [0.4, 0.5) is 5.69 Å². The molecule has 1 amide bonds. The van der Waals surface area contributed by atoms with Crippen LogP contribution in [0.2, 0.25) is 5.02 Å². The zero-order valence-electron chi connectivity index (χ0n) is 11.9. The Hall–Kier alpha value is -3.00. The summed E-state index contributed by atoms with van der Waals surface area (Å²) in [5, 5.41) is 24.3. The summed E-state index contributed by atoms with van der Waals surface area (Å²) in [5.41, 5.74) is 2.75. The number of benzene rings is 1. The third-order valence-corrected chi connectivity index (χ3v) is 3.04. The number of aromatic hydroxyl groups is 1. The van der Waals surface area contributed by atoms with Crippen LogP contribution in [0.15, 0.2) is 35.6 Å². The lowest BCUT2D eigenvalue weighted by atomic mass is 10.2. The number of nitro groups is 1. The van der Waals surface area contributed by atoms with Crippen molar-refractivity contribution in [1.82, 2.24) is 10.4 Å². The number of hydrazone groups is 1. The van der Waals surface area contributed by atoms with Gasteiger partial charge in [0.15, 0.2) is 0 Å². The summed E-state index contributed by atoms with van der Waals surface area (Å²) < 4.78 is 0. The van der Waals surface area contributed by atoms with Gasteiger partial charge < -0.3 is 5.11 Å². The Morgan fingerprint density at radius 3 is 2.83 bits per heavy atom. The van der Waals surface area contributed by atoms with Crippen LogP contribution in [0.5, 0.6) is 5.75 Å². The van der Waals surface area contributed by atoms with Gasteiger partial charge in [-0.1, -0.05) is 11.6 Å². The molecule has 1 aromatic heterocycles. The number of aryl methyl sites for hydroxylation is 1. The summed E-state index contributed by atoms with van der Waals surface area (Å²) in [6.07, 6.45) is 2.45. The molecule has 0 fully saturated rings. The molecule has 0 aliphatic rings. The average Bonchev–Trinajstić information content (AvgIpc) is 2.50. The van der Waals surface area contributed by atoms with E-state index in [-0.39, 0.29) is 10.6 Å². The highest BCUT2D eigenvalue weighted by molar-refractivity contribution is 6.31. The van der Waals surface area contributed by atoms with Crippen LogP contribution in [0.3, 0.4) is 0 Å². The molecule has 0 bridgehead atoms. The Labute approximate surface area is 135 Å². The van der Waals surface area contributed by atoms with Crippen molar-refractivity contribution in [2.75, 3.05) is 0 Å². The van der Waals surface area contributed by atoms with Gasteiger partial charge in [0.1, 0.15) is 0 Å². The molecule has 0 aliphatic heterocycles. The van der Waals surface area contributed by atoms with Gasteiger partial charge in [-0.05, 0) is 25.1 Å². The smallest absolute Gasteiger partial charge is 0.312 e. The predicted molar refractivity (Wildman–Crippen MR) is 83.8 cm³/mol. The lowest BCUT2D eigenvalue weighted by molar-refractivity contribution is -0.385. The molecule has 0 radical (unpaired) electrons. The number of nitro benzene ring substituents is 1. The number of phenolic OH excluding ortho intramolecular Hbond substituents is 1. The fraction of sp³-hybridized carbons (Fsp3) is 0.0714. The topological polar surface area (TPSA) is 118 Å². The molecule has 0 saturated carbocycles. The van der Waals surface area contributed by atoms with E-state index in [0.717, 1.165) is 18.0 Å². The Morgan fingerprint density at radius 1 is 1.48 bits per heavy atom. The van der Waals surface area contributed by atoms with Crippen LogP contribution in [0.25, 0.3) is 0 Å². The van der Waals surface area contributed by atoms with Crippen molar-refractivity contribution in [3.05, 3.63) is 62.4 Å².